The van der Waals surface area contributed by atoms with Crippen LogP contribution in [0.3, 0.4) is 0 Å². The minimum absolute atomic E-state index is 0.00572. The number of carbonyl (C=O) groups is 2. The van der Waals surface area contributed by atoms with Gasteiger partial charge in [0, 0.05) is 32.5 Å². The average Bonchev–Trinajstić information content (AvgIpc) is 2.49. The molecule has 114 valence electrons. The van der Waals surface area contributed by atoms with Crippen LogP contribution in [0.4, 0.5) is 4.39 Å². The quantitative estimate of drug-likeness (QED) is 0.919. The zero-order valence-electron chi connectivity index (χ0n) is 12.3. The SMILES string of the molecule is CC(=O)N1CCC(C(=O)NCCc2ccc(F)cc2)CC1. The summed E-state index contributed by atoms with van der Waals surface area (Å²) in [4.78, 5) is 25.1. The molecular formula is C16H21FN2O2. The molecule has 1 saturated heterocycles. The van der Waals surface area contributed by atoms with Crippen LogP contribution in [0.15, 0.2) is 24.3 Å². The summed E-state index contributed by atoms with van der Waals surface area (Å²) >= 11 is 0. The van der Waals surface area contributed by atoms with Crippen molar-refractivity contribution in [2.75, 3.05) is 19.6 Å². The fourth-order valence-electron chi connectivity index (χ4n) is 2.58. The number of benzene rings is 1. The molecule has 21 heavy (non-hydrogen) atoms. The second-order valence-corrected chi connectivity index (χ2v) is 5.45. The Morgan fingerprint density at radius 3 is 2.43 bits per heavy atom. The first-order valence-electron chi connectivity index (χ1n) is 7.34. The van der Waals surface area contributed by atoms with Crippen molar-refractivity contribution < 1.29 is 14.0 Å². The first-order chi connectivity index (χ1) is 10.1. The number of piperidine rings is 1. The zero-order chi connectivity index (χ0) is 15.2. The van der Waals surface area contributed by atoms with Crippen LogP contribution < -0.4 is 5.32 Å². The van der Waals surface area contributed by atoms with Crippen LogP contribution in [0, 0.1) is 11.7 Å². The molecule has 4 nitrogen and oxygen atoms in total. The third-order valence-electron chi connectivity index (χ3n) is 3.94. The van der Waals surface area contributed by atoms with Gasteiger partial charge >= 0.3 is 0 Å². The lowest BCUT2D eigenvalue weighted by molar-refractivity contribution is -0.133. The third-order valence-corrected chi connectivity index (χ3v) is 3.94. The highest BCUT2D eigenvalue weighted by Crippen LogP contribution is 2.17. The van der Waals surface area contributed by atoms with Crippen molar-refractivity contribution in [2.45, 2.75) is 26.2 Å². The van der Waals surface area contributed by atoms with Gasteiger partial charge in [0.1, 0.15) is 5.82 Å². The topological polar surface area (TPSA) is 49.4 Å². The third kappa shape index (κ3) is 4.55. The summed E-state index contributed by atoms with van der Waals surface area (Å²) in [6.07, 6.45) is 2.14. The van der Waals surface area contributed by atoms with Crippen LogP contribution in [-0.2, 0) is 16.0 Å². The minimum Gasteiger partial charge on any atom is -0.356 e. The molecule has 0 saturated carbocycles. The fourth-order valence-corrected chi connectivity index (χ4v) is 2.58. The van der Waals surface area contributed by atoms with Crippen molar-refractivity contribution >= 4 is 11.8 Å². The van der Waals surface area contributed by atoms with E-state index in [-0.39, 0.29) is 23.5 Å². The molecule has 1 aliphatic heterocycles. The van der Waals surface area contributed by atoms with Crippen LogP contribution in [-0.4, -0.2) is 36.3 Å². The van der Waals surface area contributed by atoms with Crippen molar-refractivity contribution in [1.29, 1.82) is 0 Å². The summed E-state index contributed by atoms with van der Waals surface area (Å²) in [6, 6.07) is 6.31. The van der Waals surface area contributed by atoms with E-state index >= 15 is 0 Å². The van der Waals surface area contributed by atoms with Gasteiger partial charge in [0.15, 0.2) is 0 Å². The lowest BCUT2D eigenvalue weighted by Crippen LogP contribution is -2.42. The Hall–Kier alpha value is -1.91. The van der Waals surface area contributed by atoms with Crippen LogP contribution in [0.5, 0.6) is 0 Å². The van der Waals surface area contributed by atoms with E-state index in [1.807, 2.05) is 0 Å². The molecule has 0 radical (unpaired) electrons. The molecule has 0 aliphatic carbocycles. The van der Waals surface area contributed by atoms with E-state index in [0.717, 1.165) is 18.4 Å². The Kier molecular flexibility index (Phi) is 5.31. The number of rotatable bonds is 4. The molecule has 1 aliphatic rings. The van der Waals surface area contributed by atoms with Crippen molar-refractivity contribution in [3.8, 4) is 0 Å². The second kappa shape index (κ2) is 7.20. The molecule has 1 N–H and O–H groups in total. The summed E-state index contributed by atoms with van der Waals surface area (Å²) in [5, 5.41) is 2.92. The molecular weight excluding hydrogens is 271 g/mol. The van der Waals surface area contributed by atoms with Gasteiger partial charge in [0.05, 0.1) is 0 Å². The smallest absolute Gasteiger partial charge is 0.223 e. The van der Waals surface area contributed by atoms with E-state index in [9.17, 15) is 14.0 Å². The molecule has 0 bridgehead atoms. The number of nitrogens with one attached hydrogen (secondary N) is 1. The Balaban J connectivity index is 1.70. The van der Waals surface area contributed by atoms with Gasteiger partial charge in [-0.3, -0.25) is 9.59 Å². The van der Waals surface area contributed by atoms with Gasteiger partial charge in [0.2, 0.25) is 11.8 Å². The molecule has 0 unspecified atom stereocenters. The van der Waals surface area contributed by atoms with E-state index in [0.29, 0.717) is 26.1 Å². The van der Waals surface area contributed by atoms with Gasteiger partial charge in [-0.2, -0.15) is 0 Å². The van der Waals surface area contributed by atoms with Gasteiger partial charge in [-0.05, 0) is 37.0 Å². The molecule has 2 amide bonds. The number of likely N-dealkylation sites (tertiary alicyclic amines) is 1. The molecule has 1 heterocycles. The molecule has 0 aromatic heterocycles. The van der Waals surface area contributed by atoms with Crippen molar-refractivity contribution in [3.05, 3.63) is 35.6 Å². The number of amides is 2. The van der Waals surface area contributed by atoms with Crippen LogP contribution in [0.25, 0.3) is 0 Å². The number of halogens is 1. The highest BCUT2D eigenvalue weighted by Gasteiger charge is 2.25. The van der Waals surface area contributed by atoms with Gasteiger partial charge in [-0.1, -0.05) is 12.1 Å². The van der Waals surface area contributed by atoms with E-state index in [4.69, 9.17) is 0 Å². The maximum atomic E-state index is 12.8. The first kappa shape index (κ1) is 15.5. The van der Waals surface area contributed by atoms with Crippen molar-refractivity contribution in [1.82, 2.24) is 10.2 Å². The molecule has 1 aromatic carbocycles. The Morgan fingerprint density at radius 1 is 1.24 bits per heavy atom. The monoisotopic (exact) mass is 292 g/mol. The molecule has 5 heteroatoms. The molecule has 1 fully saturated rings. The minimum atomic E-state index is -0.250. The zero-order valence-corrected chi connectivity index (χ0v) is 12.3. The second-order valence-electron chi connectivity index (χ2n) is 5.45. The number of nitrogens with zero attached hydrogens (tertiary/aromatic N) is 1. The van der Waals surface area contributed by atoms with Crippen molar-refractivity contribution in [2.24, 2.45) is 5.92 Å². The largest absolute Gasteiger partial charge is 0.356 e. The molecule has 2 rings (SSSR count). The van der Waals surface area contributed by atoms with Gasteiger partial charge in [0.25, 0.3) is 0 Å². The summed E-state index contributed by atoms with van der Waals surface area (Å²) in [7, 11) is 0. The average molecular weight is 292 g/mol. The molecule has 0 atom stereocenters. The fraction of sp³-hybridized carbons (Fsp3) is 0.500. The van der Waals surface area contributed by atoms with Gasteiger partial charge < -0.3 is 10.2 Å². The standard InChI is InChI=1S/C16H21FN2O2/c1-12(20)19-10-7-14(8-11-19)16(21)18-9-6-13-2-4-15(17)5-3-13/h2-5,14H,6-11H2,1H3,(H,18,21). The Bertz CT molecular complexity index is 494. The highest BCUT2D eigenvalue weighted by molar-refractivity contribution is 5.79. The summed E-state index contributed by atoms with van der Waals surface area (Å²) in [5.41, 5.74) is 1.00. The van der Waals surface area contributed by atoms with Crippen LogP contribution in [0.1, 0.15) is 25.3 Å². The number of carbonyl (C=O) groups excluding carboxylic acids is 2. The van der Waals surface area contributed by atoms with E-state index in [1.54, 1.807) is 24.0 Å². The van der Waals surface area contributed by atoms with E-state index < -0.39 is 0 Å². The van der Waals surface area contributed by atoms with E-state index in [2.05, 4.69) is 5.32 Å². The summed E-state index contributed by atoms with van der Waals surface area (Å²) in [5.74, 6) is -0.126. The Labute approximate surface area is 124 Å². The normalized spacial score (nSPS) is 15.8. The maximum absolute atomic E-state index is 12.8. The van der Waals surface area contributed by atoms with Crippen LogP contribution in [0.2, 0.25) is 0 Å². The molecule has 0 spiro atoms. The number of hydrogen-bond acceptors (Lipinski definition) is 2. The molecule has 1 aromatic rings. The lowest BCUT2D eigenvalue weighted by Gasteiger charge is -2.30. The lowest BCUT2D eigenvalue weighted by atomic mass is 9.96. The highest BCUT2D eigenvalue weighted by atomic mass is 19.1. The summed E-state index contributed by atoms with van der Waals surface area (Å²) in [6.45, 7) is 3.43. The number of hydrogen-bond donors (Lipinski definition) is 1. The van der Waals surface area contributed by atoms with Gasteiger partial charge in [-0.25, -0.2) is 4.39 Å². The maximum Gasteiger partial charge on any atom is 0.223 e. The first-order valence-corrected chi connectivity index (χ1v) is 7.34. The summed E-state index contributed by atoms with van der Waals surface area (Å²) < 4.78 is 12.8. The Morgan fingerprint density at radius 2 is 1.86 bits per heavy atom. The van der Waals surface area contributed by atoms with Gasteiger partial charge in [-0.15, -0.1) is 0 Å². The van der Waals surface area contributed by atoms with E-state index in [1.165, 1.54) is 12.1 Å². The predicted octanol–water partition coefficient (Wildman–Crippen LogP) is 1.74. The predicted molar refractivity (Wildman–Crippen MR) is 78.1 cm³/mol. The van der Waals surface area contributed by atoms with Crippen LogP contribution >= 0.6 is 0 Å². The van der Waals surface area contributed by atoms with Crippen molar-refractivity contribution in [3.63, 3.8) is 0 Å².